The molecule has 0 heterocycles. The average Bonchev–Trinajstić information content (AvgIpc) is 2.13. The summed E-state index contributed by atoms with van der Waals surface area (Å²) in [7, 11) is 0. The molecule has 0 aliphatic carbocycles. The van der Waals surface area contributed by atoms with Crippen molar-refractivity contribution < 1.29 is 19.3 Å². The van der Waals surface area contributed by atoms with Crippen molar-refractivity contribution in [2.24, 2.45) is 5.73 Å². The summed E-state index contributed by atoms with van der Waals surface area (Å²) in [6.07, 6.45) is 1.61. The Labute approximate surface area is 118 Å². The molecule has 0 bridgehead atoms. The van der Waals surface area contributed by atoms with Crippen LogP contribution in [0.3, 0.4) is 0 Å². The van der Waals surface area contributed by atoms with E-state index >= 15 is 0 Å². The second-order valence-electron chi connectivity index (χ2n) is 5.61. The van der Waals surface area contributed by atoms with Gasteiger partial charge in [-0.15, -0.1) is 0 Å². The summed E-state index contributed by atoms with van der Waals surface area (Å²) in [6.45, 7) is 14.0. The number of hydrogen-bond acceptors (Lipinski definition) is 5. The van der Waals surface area contributed by atoms with E-state index in [1.165, 1.54) is 6.92 Å². The van der Waals surface area contributed by atoms with Crippen molar-refractivity contribution in [1.29, 1.82) is 0 Å². The fraction of sp³-hybridized carbons (Fsp3) is 1.00. The molecule has 118 valence electrons. The van der Waals surface area contributed by atoms with Gasteiger partial charge in [-0.1, -0.05) is 13.3 Å². The largest absolute Gasteiger partial charge is 0.353 e. The van der Waals surface area contributed by atoms with E-state index in [0.717, 1.165) is 12.8 Å². The van der Waals surface area contributed by atoms with Gasteiger partial charge in [-0.05, 0) is 41.0 Å². The predicted octanol–water partition coefficient (Wildman–Crippen LogP) is 2.61. The minimum absolute atomic E-state index is 0. The first kappa shape index (κ1) is 21.1. The third kappa shape index (κ3) is 23.3. The summed E-state index contributed by atoms with van der Waals surface area (Å²) in [5, 5.41) is 9.52. The van der Waals surface area contributed by atoms with Gasteiger partial charge >= 0.3 is 0 Å². The lowest BCUT2D eigenvalue weighted by molar-refractivity contribution is -0.389. The topological polar surface area (TPSA) is 73.9 Å². The van der Waals surface area contributed by atoms with E-state index in [1.807, 2.05) is 20.8 Å². The highest BCUT2D eigenvalue weighted by molar-refractivity contribution is 4.60. The first-order chi connectivity index (χ1) is 8.52. The van der Waals surface area contributed by atoms with Gasteiger partial charge < -0.3 is 20.3 Å². The second kappa shape index (κ2) is 10.6. The van der Waals surface area contributed by atoms with Crippen molar-refractivity contribution in [1.82, 2.24) is 0 Å². The Balaban J connectivity index is 0. The summed E-state index contributed by atoms with van der Waals surface area (Å²) < 4.78 is 15.4. The Bertz CT molecular complexity index is 196. The molecule has 5 heteroatoms. The maximum Gasteiger partial charge on any atom is 0.279 e. The van der Waals surface area contributed by atoms with Crippen molar-refractivity contribution in [3.05, 3.63) is 0 Å². The van der Waals surface area contributed by atoms with Crippen LogP contribution in [-0.2, 0) is 14.2 Å². The minimum Gasteiger partial charge on any atom is -0.353 e. The number of rotatable bonds is 8. The number of aliphatic hydroxyl groups is 1. The number of nitrogens with two attached hydrogens (primary N) is 1. The van der Waals surface area contributed by atoms with Crippen LogP contribution in [0.25, 0.3) is 0 Å². The van der Waals surface area contributed by atoms with Gasteiger partial charge in [0.2, 0.25) is 0 Å². The van der Waals surface area contributed by atoms with Crippen LogP contribution in [0, 0.1) is 0 Å². The molecule has 19 heavy (non-hydrogen) atoms. The molecule has 0 rings (SSSR count). The van der Waals surface area contributed by atoms with Gasteiger partial charge in [0.15, 0.2) is 6.29 Å². The lowest BCUT2D eigenvalue weighted by atomic mass is 10.1. The number of hydrogen-bond donors (Lipinski definition) is 2. The van der Waals surface area contributed by atoms with Crippen LogP contribution in [-0.4, -0.2) is 36.1 Å². The molecular weight excluding hydrogens is 246 g/mol. The van der Waals surface area contributed by atoms with Gasteiger partial charge in [0.25, 0.3) is 5.97 Å². The molecule has 0 spiro atoms. The van der Waals surface area contributed by atoms with Crippen LogP contribution in [0.2, 0.25) is 0 Å². The lowest BCUT2D eigenvalue weighted by Gasteiger charge is -2.26. The fourth-order valence-electron chi connectivity index (χ4n) is 1.04. The van der Waals surface area contributed by atoms with Gasteiger partial charge in [0.1, 0.15) is 0 Å². The molecule has 0 saturated heterocycles. The van der Waals surface area contributed by atoms with Gasteiger partial charge in [-0.25, -0.2) is 0 Å². The van der Waals surface area contributed by atoms with Gasteiger partial charge in [0, 0.05) is 25.7 Å². The Hall–Kier alpha value is -0.200. The second-order valence-corrected chi connectivity index (χ2v) is 5.61. The van der Waals surface area contributed by atoms with E-state index in [1.54, 1.807) is 13.8 Å². The molecule has 3 N–H and O–H groups in total. The summed E-state index contributed by atoms with van der Waals surface area (Å²) in [4.78, 5) is 0. The zero-order valence-electron chi connectivity index (χ0n) is 13.7. The van der Waals surface area contributed by atoms with Crippen LogP contribution < -0.4 is 5.73 Å². The van der Waals surface area contributed by atoms with Crippen molar-refractivity contribution in [2.75, 3.05) is 13.2 Å². The van der Waals surface area contributed by atoms with E-state index in [0.29, 0.717) is 13.2 Å². The number of unbranched alkanes of at least 4 members (excludes halogenated alkanes) is 1. The summed E-state index contributed by atoms with van der Waals surface area (Å²) in [5.74, 6) is -1.56. The minimum atomic E-state index is -1.56. The van der Waals surface area contributed by atoms with Crippen molar-refractivity contribution in [2.45, 2.75) is 79.1 Å². The molecule has 0 amide bonds. The van der Waals surface area contributed by atoms with Gasteiger partial charge in [-0.3, -0.25) is 4.74 Å². The van der Waals surface area contributed by atoms with E-state index in [-0.39, 0.29) is 5.54 Å². The monoisotopic (exact) mass is 279 g/mol. The van der Waals surface area contributed by atoms with Crippen molar-refractivity contribution in [3.8, 4) is 0 Å². The molecule has 0 aromatic rings. The zero-order valence-corrected chi connectivity index (χ0v) is 13.7. The first-order valence-corrected chi connectivity index (χ1v) is 6.96. The van der Waals surface area contributed by atoms with E-state index in [4.69, 9.17) is 19.9 Å². The molecule has 0 aromatic carbocycles. The Morgan fingerprint density at radius 1 is 1.16 bits per heavy atom. The molecule has 2 unspecified atom stereocenters. The molecule has 2 atom stereocenters. The van der Waals surface area contributed by atoms with Gasteiger partial charge in [-0.2, -0.15) is 0 Å². The molecule has 0 aliphatic heterocycles. The quantitative estimate of drug-likeness (QED) is 0.528. The summed E-state index contributed by atoms with van der Waals surface area (Å²) >= 11 is 0. The first-order valence-electron chi connectivity index (χ1n) is 6.96. The summed E-state index contributed by atoms with van der Waals surface area (Å²) in [5.41, 5.74) is 5.35. The number of ether oxygens (including phenoxy) is 3. The maximum atomic E-state index is 9.52. The fourth-order valence-corrected chi connectivity index (χ4v) is 1.04. The Morgan fingerprint density at radius 3 is 2.00 bits per heavy atom. The van der Waals surface area contributed by atoms with Crippen LogP contribution >= 0.6 is 0 Å². The molecule has 0 aromatic heterocycles. The summed E-state index contributed by atoms with van der Waals surface area (Å²) in [6, 6.07) is 0. The lowest BCUT2D eigenvalue weighted by Crippen LogP contribution is -2.36. The molecule has 0 radical (unpaired) electrons. The predicted molar refractivity (Wildman–Crippen MR) is 77.6 cm³/mol. The SMILES string of the molecule is CC(C)(C)N.CCCCOC(C)OC(C)(O)OCC. The third-order valence-electron chi connectivity index (χ3n) is 1.65. The maximum absolute atomic E-state index is 9.52. The molecule has 0 saturated carbocycles. The standard InChI is InChI=1S/C10H22O4.C4H11N/c1-5-7-8-12-9(3)14-10(4,11)13-6-2;1-4(2,3)5/h9,11H,5-8H2,1-4H3;5H2,1-3H3. The normalized spacial score (nSPS) is 16.3. The van der Waals surface area contributed by atoms with Crippen LogP contribution in [0.4, 0.5) is 0 Å². The molecule has 5 nitrogen and oxygen atoms in total. The highest BCUT2D eigenvalue weighted by atomic mass is 16.9. The average molecular weight is 279 g/mol. The third-order valence-corrected chi connectivity index (χ3v) is 1.65. The smallest absolute Gasteiger partial charge is 0.279 e. The molecular formula is C14H33NO4. The van der Waals surface area contributed by atoms with E-state index in [2.05, 4.69) is 6.92 Å². The van der Waals surface area contributed by atoms with E-state index in [9.17, 15) is 5.11 Å². The van der Waals surface area contributed by atoms with Crippen molar-refractivity contribution in [3.63, 3.8) is 0 Å². The molecule has 0 aliphatic rings. The van der Waals surface area contributed by atoms with Crippen LogP contribution in [0.1, 0.15) is 61.3 Å². The van der Waals surface area contributed by atoms with Crippen molar-refractivity contribution >= 4 is 0 Å². The van der Waals surface area contributed by atoms with E-state index < -0.39 is 12.3 Å². The highest BCUT2D eigenvalue weighted by Gasteiger charge is 2.24. The Kier molecular flexibility index (Phi) is 11.7. The molecule has 0 fully saturated rings. The highest BCUT2D eigenvalue weighted by Crippen LogP contribution is 2.11. The Morgan fingerprint density at radius 2 is 1.63 bits per heavy atom. The zero-order chi connectivity index (χ0) is 15.5. The van der Waals surface area contributed by atoms with Crippen LogP contribution in [0.5, 0.6) is 0 Å². The van der Waals surface area contributed by atoms with Crippen LogP contribution in [0.15, 0.2) is 0 Å². The van der Waals surface area contributed by atoms with Gasteiger partial charge in [0.05, 0.1) is 0 Å².